The maximum Gasteiger partial charge on any atom is 0.257 e. The number of carbonyl (C=O) groups excluding carboxylic acids is 1. The molecule has 0 aliphatic carbocycles. The van der Waals surface area contributed by atoms with E-state index in [-0.39, 0.29) is 17.4 Å². The third-order valence-corrected chi connectivity index (χ3v) is 4.96. The number of nitrogens with one attached hydrogen (secondary N) is 1. The minimum atomic E-state index is -0.216. The summed E-state index contributed by atoms with van der Waals surface area (Å²) in [6, 6.07) is 9.38. The zero-order chi connectivity index (χ0) is 22.3. The number of rotatable bonds is 4. The van der Waals surface area contributed by atoms with E-state index in [4.69, 9.17) is 4.52 Å². The largest absolute Gasteiger partial charge is 0.338 e. The Hall–Kier alpha value is -3.55. The van der Waals surface area contributed by atoms with Crippen LogP contribution in [0, 0.1) is 6.92 Å². The fourth-order valence-corrected chi connectivity index (χ4v) is 3.22. The van der Waals surface area contributed by atoms with Crippen molar-refractivity contribution >= 4 is 22.6 Å². The second kappa shape index (κ2) is 7.61. The van der Waals surface area contributed by atoms with Crippen molar-refractivity contribution in [2.45, 2.75) is 53.0 Å². The SMILES string of the molecule is Cc1nc2c(cnn2C(C)C)cc1C(=O)Nc1ccc(-c2noc(C(C)(C)C)n2)cc1. The molecule has 3 heterocycles. The lowest BCUT2D eigenvalue weighted by molar-refractivity contribution is 0.102. The minimum absolute atomic E-state index is 0.196. The normalized spacial score (nSPS) is 12.0. The van der Waals surface area contributed by atoms with E-state index < -0.39 is 0 Å². The van der Waals surface area contributed by atoms with Crippen molar-refractivity contribution in [2.75, 3.05) is 5.32 Å². The molecule has 0 atom stereocenters. The maximum atomic E-state index is 12.9. The summed E-state index contributed by atoms with van der Waals surface area (Å²) in [6.07, 6.45) is 1.74. The molecule has 0 radical (unpaired) electrons. The zero-order valence-electron chi connectivity index (χ0n) is 18.6. The van der Waals surface area contributed by atoms with Gasteiger partial charge in [0.1, 0.15) is 0 Å². The molecule has 0 saturated heterocycles. The number of hydrogen-bond acceptors (Lipinski definition) is 6. The monoisotopic (exact) mass is 418 g/mol. The number of anilines is 1. The van der Waals surface area contributed by atoms with Gasteiger partial charge in [-0.3, -0.25) is 4.79 Å². The molecule has 1 amide bonds. The summed E-state index contributed by atoms with van der Waals surface area (Å²) < 4.78 is 7.21. The Balaban J connectivity index is 1.54. The molecule has 160 valence electrons. The predicted molar refractivity (Wildman–Crippen MR) is 119 cm³/mol. The van der Waals surface area contributed by atoms with E-state index in [9.17, 15) is 4.79 Å². The van der Waals surface area contributed by atoms with E-state index in [2.05, 4.69) is 25.5 Å². The number of aryl methyl sites for hydroxylation is 1. The Bertz CT molecular complexity index is 1250. The Labute approximate surface area is 180 Å². The van der Waals surface area contributed by atoms with Gasteiger partial charge in [0.25, 0.3) is 5.91 Å². The van der Waals surface area contributed by atoms with Crippen molar-refractivity contribution in [3.63, 3.8) is 0 Å². The van der Waals surface area contributed by atoms with Gasteiger partial charge in [0.05, 0.1) is 17.5 Å². The highest BCUT2D eigenvalue weighted by molar-refractivity contribution is 6.06. The Kier molecular flexibility index (Phi) is 5.08. The molecule has 8 nitrogen and oxygen atoms in total. The second-order valence-electron chi connectivity index (χ2n) is 8.92. The second-order valence-corrected chi connectivity index (χ2v) is 8.92. The number of hydrogen-bond donors (Lipinski definition) is 1. The summed E-state index contributed by atoms with van der Waals surface area (Å²) in [4.78, 5) is 21.9. The van der Waals surface area contributed by atoms with Crippen LogP contribution in [0.1, 0.15) is 62.6 Å². The van der Waals surface area contributed by atoms with E-state index >= 15 is 0 Å². The Morgan fingerprint density at radius 3 is 2.45 bits per heavy atom. The summed E-state index contributed by atoms with van der Waals surface area (Å²) in [5.41, 5.74) is 3.24. The van der Waals surface area contributed by atoms with Crippen molar-refractivity contribution in [3.8, 4) is 11.4 Å². The van der Waals surface area contributed by atoms with Crippen LogP contribution in [-0.4, -0.2) is 30.8 Å². The van der Waals surface area contributed by atoms with Crippen molar-refractivity contribution in [3.05, 3.63) is 53.7 Å². The van der Waals surface area contributed by atoms with E-state index in [1.54, 1.807) is 6.20 Å². The number of fused-ring (bicyclic) bond motifs is 1. The highest BCUT2D eigenvalue weighted by atomic mass is 16.5. The molecule has 8 heteroatoms. The number of benzene rings is 1. The van der Waals surface area contributed by atoms with Crippen LogP contribution in [0.25, 0.3) is 22.4 Å². The number of amides is 1. The average molecular weight is 419 g/mol. The fourth-order valence-electron chi connectivity index (χ4n) is 3.22. The molecular formula is C23H26N6O2. The van der Waals surface area contributed by atoms with Crippen LogP contribution in [0.5, 0.6) is 0 Å². The van der Waals surface area contributed by atoms with Crippen LogP contribution in [0.15, 0.2) is 41.1 Å². The van der Waals surface area contributed by atoms with Gasteiger partial charge in [0.2, 0.25) is 11.7 Å². The molecule has 31 heavy (non-hydrogen) atoms. The first-order chi connectivity index (χ1) is 14.6. The lowest BCUT2D eigenvalue weighted by Crippen LogP contribution is -2.14. The van der Waals surface area contributed by atoms with Crippen molar-refractivity contribution in [1.82, 2.24) is 24.9 Å². The summed E-state index contributed by atoms with van der Waals surface area (Å²) in [5, 5.41) is 12.2. The lowest BCUT2D eigenvalue weighted by atomic mass is 9.97. The van der Waals surface area contributed by atoms with Gasteiger partial charge in [0.15, 0.2) is 5.65 Å². The first kappa shape index (κ1) is 20.7. The van der Waals surface area contributed by atoms with Crippen LogP contribution < -0.4 is 5.32 Å². The van der Waals surface area contributed by atoms with Gasteiger partial charge in [-0.2, -0.15) is 10.1 Å². The molecule has 4 rings (SSSR count). The van der Waals surface area contributed by atoms with Crippen LogP contribution >= 0.6 is 0 Å². The standard InChI is InChI=1S/C23H26N6O2/c1-13(2)29-20-16(12-24-29)11-18(14(3)25-20)21(30)26-17-9-7-15(8-10-17)19-27-22(31-28-19)23(4,5)6/h7-13H,1-6H3,(H,26,30). The fraction of sp³-hybridized carbons (Fsp3) is 0.348. The molecule has 0 unspecified atom stereocenters. The molecule has 1 N–H and O–H groups in total. The molecule has 4 aromatic rings. The molecule has 0 spiro atoms. The molecule has 0 aliphatic rings. The van der Waals surface area contributed by atoms with Crippen molar-refractivity contribution in [2.24, 2.45) is 0 Å². The van der Waals surface area contributed by atoms with Crippen LogP contribution in [0.3, 0.4) is 0 Å². The number of carbonyl (C=O) groups is 1. The van der Waals surface area contributed by atoms with Gasteiger partial charge in [-0.25, -0.2) is 9.67 Å². The molecule has 0 aliphatic heterocycles. The molecule has 3 aromatic heterocycles. The van der Waals surface area contributed by atoms with E-state index in [1.807, 2.05) is 76.6 Å². The first-order valence-corrected chi connectivity index (χ1v) is 10.2. The first-order valence-electron chi connectivity index (χ1n) is 10.2. The maximum absolute atomic E-state index is 12.9. The van der Waals surface area contributed by atoms with Gasteiger partial charge in [0, 0.05) is 28.1 Å². The van der Waals surface area contributed by atoms with Gasteiger partial charge >= 0.3 is 0 Å². The molecular weight excluding hydrogens is 392 g/mol. The molecule has 0 fully saturated rings. The van der Waals surface area contributed by atoms with Crippen LogP contribution in [-0.2, 0) is 5.41 Å². The van der Waals surface area contributed by atoms with Gasteiger partial charge in [-0.05, 0) is 51.1 Å². The van der Waals surface area contributed by atoms with Crippen molar-refractivity contribution < 1.29 is 9.32 Å². The summed E-state index contributed by atoms with van der Waals surface area (Å²) in [5.74, 6) is 0.890. The highest BCUT2D eigenvalue weighted by Crippen LogP contribution is 2.25. The smallest absolute Gasteiger partial charge is 0.257 e. The molecule has 0 bridgehead atoms. The van der Waals surface area contributed by atoms with Crippen LogP contribution in [0.2, 0.25) is 0 Å². The molecule has 1 aromatic carbocycles. The Morgan fingerprint density at radius 1 is 1.13 bits per heavy atom. The van der Waals surface area contributed by atoms with Crippen molar-refractivity contribution in [1.29, 1.82) is 0 Å². The summed E-state index contributed by atoms with van der Waals surface area (Å²) in [6.45, 7) is 12.0. The highest BCUT2D eigenvalue weighted by Gasteiger charge is 2.22. The van der Waals surface area contributed by atoms with Gasteiger partial charge in [-0.1, -0.05) is 25.9 Å². The third-order valence-electron chi connectivity index (χ3n) is 4.96. The lowest BCUT2D eigenvalue weighted by Gasteiger charge is -2.10. The predicted octanol–water partition coefficient (Wildman–Crippen LogP) is 4.92. The van der Waals surface area contributed by atoms with Crippen LogP contribution in [0.4, 0.5) is 5.69 Å². The number of nitrogens with zero attached hydrogens (tertiary/aromatic N) is 5. The minimum Gasteiger partial charge on any atom is -0.338 e. The van der Waals surface area contributed by atoms with Gasteiger partial charge in [-0.15, -0.1) is 0 Å². The summed E-state index contributed by atoms with van der Waals surface area (Å²) >= 11 is 0. The number of aromatic nitrogens is 5. The summed E-state index contributed by atoms with van der Waals surface area (Å²) in [7, 11) is 0. The van der Waals surface area contributed by atoms with E-state index in [1.165, 1.54) is 0 Å². The Morgan fingerprint density at radius 2 is 1.84 bits per heavy atom. The quantitative estimate of drug-likeness (QED) is 0.505. The van der Waals surface area contributed by atoms with E-state index in [0.717, 1.165) is 16.6 Å². The average Bonchev–Trinajstić information content (AvgIpc) is 3.35. The molecule has 0 saturated carbocycles. The third kappa shape index (κ3) is 4.05. The van der Waals surface area contributed by atoms with E-state index in [0.29, 0.717) is 28.7 Å². The zero-order valence-corrected chi connectivity index (χ0v) is 18.6. The number of pyridine rings is 1. The topological polar surface area (TPSA) is 98.7 Å². The van der Waals surface area contributed by atoms with Gasteiger partial charge < -0.3 is 9.84 Å².